The van der Waals surface area contributed by atoms with Gasteiger partial charge in [0.1, 0.15) is 11.6 Å². The van der Waals surface area contributed by atoms with Crippen LogP contribution in [0.25, 0.3) is 11.1 Å². The third-order valence-corrected chi connectivity index (χ3v) is 5.75. The van der Waals surface area contributed by atoms with Gasteiger partial charge in [0.2, 0.25) is 0 Å². The van der Waals surface area contributed by atoms with E-state index in [1.165, 1.54) is 18.2 Å². The van der Waals surface area contributed by atoms with E-state index < -0.39 is 11.8 Å². The van der Waals surface area contributed by atoms with Crippen LogP contribution in [0.4, 0.5) is 8.78 Å². The quantitative estimate of drug-likeness (QED) is 0.509. The standard InChI is InChI=1S/C24H28F2O3/c1-2-3-4-15-29-19-11-7-17(8-12-19)22-20(16-5-9-18(25)10-6-16)13-14-21(23(22)26)24(27)28/h5-6,9-10,13-14,17,19H,2-4,7-8,11-12,15H2,1H3,(H,27,28)/t17-,19-. The van der Waals surface area contributed by atoms with E-state index in [0.29, 0.717) is 16.7 Å². The van der Waals surface area contributed by atoms with E-state index in [4.69, 9.17) is 4.74 Å². The zero-order valence-corrected chi connectivity index (χ0v) is 16.8. The molecule has 3 rings (SSSR count). The van der Waals surface area contributed by atoms with Crippen molar-refractivity contribution in [3.63, 3.8) is 0 Å². The summed E-state index contributed by atoms with van der Waals surface area (Å²) in [7, 11) is 0. The lowest BCUT2D eigenvalue weighted by Crippen LogP contribution is -2.22. The second kappa shape index (κ2) is 9.97. The Morgan fingerprint density at radius 1 is 1.03 bits per heavy atom. The Kier molecular flexibility index (Phi) is 7.37. The molecule has 1 fully saturated rings. The number of unbranched alkanes of at least 4 members (excludes halogenated alkanes) is 2. The third-order valence-electron chi connectivity index (χ3n) is 5.75. The molecule has 0 amide bonds. The highest BCUT2D eigenvalue weighted by Crippen LogP contribution is 2.41. The van der Waals surface area contributed by atoms with Gasteiger partial charge in [0, 0.05) is 6.61 Å². The van der Waals surface area contributed by atoms with E-state index in [0.717, 1.165) is 51.6 Å². The van der Waals surface area contributed by atoms with Crippen LogP contribution in [0.3, 0.4) is 0 Å². The van der Waals surface area contributed by atoms with Crippen molar-refractivity contribution < 1.29 is 23.4 Å². The van der Waals surface area contributed by atoms with Gasteiger partial charge in [-0.3, -0.25) is 0 Å². The maximum Gasteiger partial charge on any atom is 0.338 e. The highest BCUT2D eigenvalue weighted by atomic mass is 19.1. The van der Waals surface area contributed by atoms with Gasteiger partial charge < -0.3 is 9.84 Å². The molecule has 1 aliphatic carbocycles. The van der Waals surface area contributed by atoms with Gasteiger partial charge >= 0.3 is 5.97 Å². The summed E-state index contributed by atoms with van der Waals surface area (Å²) >= 11 is 0. The highest BCUT2D eigenvalue weighted by molar-refractivity contribution is 5.89. The monoisotopic (exact) mass is 402 g/mol. The molecule has 0 radical (unpaired) electrons. The van der Waals surface area contributed by atoms with Crippen molar-refractivity contribution in [2.45, 2.75) is 63.9 Å². The zero-order chi connectivity index (χ0) is 20.8. The molecule has 156 valence electrons. The van der Waals surface area contributed by atoms with Gasteiger partial charge in [-0.2, -0.15) is 0 Å². The first-order chi connectivity index (χ1) is 14.0. The summed E-state index contributed by atoms with van der Waals surface area (Å²) in [6, 6.07) is 8.82. The summed E-state index contributed by atoms with van der Waals surface area (Å²) < 4.78 is 34.5. The first kappa shape index (κ1) is 21.4. The van der Waals surface area contributed by atoms with Gasteiger partial charge in [0.05, 0.1) is 11.7 Å². The molecule has 0 bridgehead atoms. The number of hydrogen-bond donors (Lipinski definition) is 1. The number of carboxylic acids is 1. The van der Waals surface area contributed by atoms with Crippen LogP contribution >= 0.6 is 0 Å². The Hall–Kier alpha value is -2.27. The Morgan fingerprint density at radius 2 is 1.72 bits per heavy atom. The van der Waals surface area contributed by atoms with Crippen LogP contribution in [0.2, 0.25) is 0 Å². The lowest BCUT2D eigenvalue weighted by Gasteiger charge is -2.30. The predicted octanol–water partition coefficient (Wildman–Crippen LogP) is 6.56. The van der Waals surface area contributed by atoms with Crippen LogP contribution in [0.5, 0.6) is 0 Å². The maximum atomic E-state index is 15.2. The minimum absolute atomic E-state index is 0.0788. The fourth-order valence-electron chi connectivity index (χ4n) is 4.16. The summed E-state index contributed by atoms with van der Waals surface area (Å²) in [5.41, 5.74) is 1.44. The van der Waals surface area contributed by atoms with Crippen molar-refractivity contribution in [2.75, 3.05) is 6.61 Å². The van der Waals surface area contributed by atoms with Gasteiger partial charge in [-0.15, -0.1) is 0 Å². The van der Waals surface area contributed by atoms with Crippen LogP contribution in [0.15, 0.2) is 36.4 Å². The molecule has 1 aliphatic rings. The molecule has 0 aliphatic heterocycles. The summed E-state index contributed by atoms with van der Waals surface area (Å²) in [6.45, 7) is 2.91. The largest absolute Gasteiger partial charge is 0.478 e. The molecule has 0 saturated heterocycles. The van der Waals surface area contributed by atoms with Gasteiger partial charge in [0.25, 0.3) is 0 Å². The minimum Gasteiger partial charge on any atom is -0.478 e. The Morgan fingerprint density at radius 3 is 2.34 bits per heavy atom. The van der Waals surface area contributed by atoms with E-state index in [9.17, 15) is 14.3 Å². The average molecular weight is 402 g/mol. The number of aromatic carboxylic acids is 1. The predicted molar refractivity (Wildman–Crippen MR) is 109 cm³/mol. The van der Waals surface area contributed by atoms with Crippen molar-refractivity contribution >= 4 is 5.97 Å². The summed E-state index contributed by atoms with van der Waals surface area (Å²) in [4.78, 5) is 11.5. The number of hydrogen-bond acceptors (Lipinski definition) is 2. The fourth-order valence-corrected chi connectivity index (χ4v) is 4.16. The first-order valence-electron chi connectivity index (χ1n) is 10.4. The molecular formula is C24H28F2O3. The number of carboxylic acid groups (broad SMARTS) is 1. The third kappa shape index (κ3) is 5.21. The fraction of sp³-hybridized carbons (Fsp3) is 0.458. The lowest BCUT2D eigenvalue weighted by molar-refractivity contribution is 0.0225. The molecule has 5 heteroatoms. The molecule has 3 nitrogen and oxygen atoms in total. The number of rotatable bonds is 8. The van der Waals surface area contributed by atoms with Crippen LogP contribution in [0.1, 0.15) is 73.7 Å². The molecular weight excluding hydrogens is 374 g/mol. The molecule has 1 N–H and O–H groups in total. The molecule has 29 heavy (non-hydrogen) atoms. The highest BCUT2D eigenvalue weighted by Gasteiger charge is 2.29. The van der Waals surface area contributed by atoms with Crippen LogP contribution in [0, 0.1) is 11.6 Å². The minimum atomic E-state index is -1.28. The lowest BCUT2D eigenvalue weighted by atomic mass is 9.79. The van der Waals surface area contributed by atoms with Crippen LogP contribution in [-0.4, -0.2) is 23.8 Å². The number of halogens is 2. The van der Waals surface area contributed by atoms with Crippen molar-refractivity contribution in [2.24, 2.45) is 0 Å². The Balaban J connectivity index is 1.83. The van der Waals surface area contributed by atoms with Crippen LogP contribution in [-0.2, 0) is 4.74 Å². The van der Waals surface area contributed by atoms with Crippen molar-refractivity contribution in [1.29, 1.82) is 0 Å². The average Bonchev–Trinajstić information content (AvgIpc) is 2.72. The molecule has 0 atom stereocenters. The molecule has 0 aromatic heterocycles. The van der Waals surface area contributed by atoms with E-state index in [2.05, 4.69) is 6.92 Å². The van der Waals surface area contributed by atoms with E-state index in [1.807, 2.05) is 0 Å². The van der Waals surface area contributed by atoms with Gasteiger partial charge in [-0.1, -0.05) is 38.0 Å². The van der Waals surface area contributed by atoms with Crippen molar-refractivity contribution in [1.82, 2.24) is 0 Å². The first-order valence-corrected chi connectivity index (χ1v) is 10.4. The number of carbonyl (C=O) groups is 1. The molecule has 0 unspecified atom stereocenters. The Labute approximate surface area is 170 Å². The maximum absolute atomic E-state index is 15.2. The van der Waals surface area contributed by atoms with Crippen LogP contribution < -0.4 is 0 Å². The normalized spacial score (nSPS) is 19.3. The zero-order valence-electron chi connectivity index (χ0n) is 16.8. The molecule has 2 aromatic carbocycles. The summed E-state index contributed by atoms with van der Waals surface area (Å²) in [5.74, 6) is -2.39. The van der Waals surface area contributed by atoms with E-state index >= 15 is 4.39 Å². The molecule has 0 heterocycles. The number of ether oxygens (including phenoxy) is 1. The Bertz CT molecular complexity index is 825. The van der Waals surface area contributed by atoms with Crippen molar-refractivity contribution in [3.8, 4) is 11.1 Å². The SMILES string of the molecule is CCCCCO[C@H]1CC[C@H](c2c(-c3ccc(F)cc3)ccc(C(=O)O)c2F)CC1. The smallest absolute Gasteiger partial charge is 0.338 e. The van der Waals surface area contributed by atoms with Gasteiger partial charge in [-0.05, 0) is 72.9 Å². The number of benzene rings is 2. The van der Waals surface area contributed by atoms with E-state index in [1.54, 1.807) is 18.2 Å². The van der Waals surface area contributed by atoms with Crippen molar-refractivity contribution in [3.05, 3.63) is 59.2 Å². The topological polar surface area (TPSA) is 46.5 Å². The second-order valence-corrected chi connectivity index (χ2v) is 7.75. The summed E-state index contributed by atoms with van der Waals surface area (Å²) in [5, 5.41) is 9.36. The second-order valence-electron chi connectivity index (χ2n) is 7.75. The molecule has 0 spiro atoms. The molecule has 1 saturated carbocycles. The van der Waals surface area contributed by atoms with Gasteiger partial charge in [0.15, 0.2) is 0 Å². The van der Waals surface area contributed by atoms with Gasteiger partial charge in [-0.25, -0.2) is 13.6 Å². The summed E-state index contributed by atoms with van der Waals surface area (Å²) in [6.07, 6.45) is 6.69. The molecule has 2 aromatic rings. The van der Waals surface area contributed by atoms with E-state index in [-0.39, 0.29) is 23.4 Å².